The molecular formula is C35H53ClN2O4S. The third-order valence-electron chi connectivity index (χ3n) is 7.70. The lowest BCUT2D eigenvalue weighted by Crippen LogP contribution is -2.68. The molecule has 240 valence electrons. The number of anilines is 1. The van der Waals surface area contributed by atoms with Crippen molar-refractivity contribution in [3.63, 3.8) is 0 Å². The van der Waals surface area contributed by atoms with Gasteiger partial charge in [-0.3, -0.25) is 0 Å². The summed E-state index contributed by atoms with van der Waals surface area (Å²) < 4.78 is 37.9. The molecular weight excluding hydrogens is 580 g/mol. The summed E-state index contributed by atoms with van der Waals surface area (Å²) in [6.07, 6.45) is 27.2. The van der Waals surface area contributed by atoms with Crippen LogP contribution in [0.3, 0.4) is 0 Å². The first-order valence-electron chi connectivity index (χ1n) is 16.2. The largest absolute Gasteiger partial charge is 0.378 e. The highest BCUT2D eigenvalue weighted by atomic mass is 35.7. The molecule has 8 heteroatoms. The second-order valence-corrected chi connectivity index (χ2v) is 13.4. The van der Waals surface area contributed by atoms with Crippen molar-refractivity contribution in [3.05, 3.63) is 59.1 Å². The van der Waals surface area contributed by atoms with Crippen LogP contribution in [0.5, 0.6) is 0 Å². The number of unbranched alkanes of at least 4 members (excludes halogenated alkanes) is 15. The fourth-order valence-electron chi connectivity index (χ4n) is 5.28. The van der Waals surface area contributed by atoms with Crippen molar-refractivity contribution in [1.82, 2.24) is 0 Å². The Kier molecular flexibility index (Phi) is 18.7. The normalized spacial score (nSPS) is 11.7. The summed E-state index contributed by atoms with van der Waals surface area (Å²) in [5.74, 6) is 0. The Balaban J connectivity index is 0.00000119. The van der Waals surface area contributed by atoms with E-state index in [0.29, 0.717) is 0 Å². The molecule has 3 aromatic rings. The number of hydrogen-bond donors (Lipinski definition) is 0. The van der Waals surface area contributed by atoms with E-state index < -0.39 is 10.2 Å². The molecule has 2 aromatic carbocycles. The molecule has 0 bridgehead atoms. The predicted octanol–water partition coefficient (Wildman–Crippen LogP) is 5.93. The third kappa shape index (κ3) is 17.2. The van der Waals surface area contributed by atoms with Crippen LogP contribution in [0, 0.1) is 10.2 Å². The highest BCUT2D eigenvalue weighted by Crippen LogP contribution is 2.23. The summed E-state index contributed by atoms with van der Waals surface area (Å²) in [6, 6.07) is 17.7. The van der Waals surface area contributed by atoms with E-state index in [1.807, 2.05) is 11.3 Å². The highest BCUT2D eigenvalue weighted by molar-refractivity contribution is 7.18. The monoisotopic (exact) mass is 632 g/mol. The van der Waals surface area contributed by atoms with Gasteiger partial charge in [-0.25, -0.2) is 18.6 Å². The van der Waals surface area contributed by atoms with Gasteiger partial charge in [0, 0.05) is 38.3 Å². The van der Waals surface area contributed by atoms with Crippen molar-refractivity contribution < 1.29 is 33.4 Å². The van der Waals surface area contributed by atoms with E-state index in [1.165, 1.54) is 129 Å². The first-order valence-corrected chi connectivity index (χ1v) is 18.2. The predicted molar refractivity (Wildman–Crippen MR) is 171 cm³/mol. The molecule has 0 N–H and O–H groups in total. The Labute approximate surface area is 266 Å². The minimum Gasteiger partial charge on any atom is -0.378 e. The second kappa shape index (κ2) is 21.7. The number of fused-ring (bicyclic) bond motifs is 1. The molecule has 0 unspecified atom stereocenters. The van der Waals surface area contributed by atoms with Gasteiger partial charge >= 0.3 is 0 Å². The maximum absolute atomic E-state index is 8.49. The summed E-state index contributed by atoms with van der Waals surface area (Å²) in [7, 11) is -0.770. The highest BCUT2D eigenvalue weighted by Gasteiger charge is 2.17. The molecule has 0 saturated carbocycles. The molecule has 43 heavy (non-hydrogen) atoms. The van der Waals surface area contributed by atoms with Crippen molar-refractivity contribution >= 4 is 39.4 Å². The smallest absolute Gasteiger partial charge is 0.262 e. The summed E-state index contributed by atoms with van der Waals surface area (Å²) >= 11 is 1.91. The molecule has 0 atom stereocenters. The average Bonchev–Trinajstić information content (AvgIpc) is 3.32. The molecule has 0 aliphatic carbocycles. The van der Waals surface area contributed by atoms with Crippen LogP contribution >= 0.6 is 11.3 Å². The quantitative estimate of drug-likeness (QED) is 0.114. The van der Waals surface area contributed by atoms with Crippen LogP contribution in [0.1, 0.15) is 120 Å². The van der Waals surface area contributed by atoms with E-state index in [0.717, 1.165) is 6.54 Å². The van der Waals surface area contributed by atoms with Gasteiger partial charge in [-0.15, -0.1) is 10.2 Å². The minimum absolute atomic E-state index is 1.11. The van der Waals surface area contributed by atoms with Crippen molar-refractivity contribution in [1.29, 1.82) is 0 Å². The molecule has 0 fully saturated rings. The maximum Gasteiger partial charge on any atom is 0.262 e. The first-order chi connectivity index (χ1) is 20.7. The zero-order valence-electron chi connectivity index (χ0n) is 26.6. The number of rotatable bonds is 20. The van der Waals surface area contributed by atoms with E-state index in [9.17, 15) is 0 Å². The number of halogens is 1. The standard InChI is InChI=1S/C35H53N2S.ClHO4/c1-4-5-6-7-8-9-10-11-12-13-14-15-16-17-18-21-30-37-33-22-19-20-23-34(33)38-35(37)29-26-31-24-27-32(28-25-31)36(2)3;2-1(3,4)5/h19-20,22-29H,4-18,21,30H2,1-3H3;(H,2,3,4,5)/q+1;/p-1. The Morgan fingerprint density at radius 2 is 1.12 bits per heavy atom. The van der Waals surface area contributed by atoms with Gasteiger partial charge < -0.3 is 4.90 Å². The summed E-state index contributed by atoms with van der Waals surface area (Å²) in [6.45, 7) is 3.41. The van der Waals surface area contributed by atoms with E-state index in [4.69, 9.17) is 18.6 Å². The molecule has 0 spiro atoms. The minimum atomic E-state index is -4.94. The molecule has 1 heterocycles. The summed E-state index contributed by atoms with van der Waals surface area (Å²) in [4.78, 5) is 2.14. The van der Waals surface area contributed by atoms with Crippen molar-refractivity contribution in [3.8, 4) is 0 Å². The van der Waals surface area contributed by atoms with E-state index in [-0.39, 0.29) is 0 Å². The van der Waals surface area contributed by atoms with Gasteiger partial charge in [0.25, 0.3) is 5.01 Å². The Hall–Kier alpha value is -2.00. The third-order valence-corrected chi connectivity index (χ3v) is 8.83. The van der Waals surface area contributed by atoms with E-state index in [2.05, 4.69) is 91.2 Å². The number of thiazole rings is 1. The van der Waals surface area contributed by atoms with Crippen LogP contribution in [-0.4, -0.2) is 14.1 Å². The zero-order valence-corrected chi connectivity index (χ0v) is 28.2. The van der Waals surface area contributed by atoms with Crippen LogP contribution in [0.25, 0.3) is 22.4 Å². The van der Waals surface area contributed by atoms with Crippen LogP contribution in [0.4, 0.5) is 5.69 Å². The number of nitrogens with zero attached hydrogens (tertiary/aromatic N) is 2. The molecule has 0 aliphatic rings. The van der Waals surface area contributed by atoms with Crippen molar-refractivity contribution in [2.45, 2.75) is 116 Å². The Morgan fingerprint density at radius 1 is 0.651 bits per heavy atom. The number of para-hydroxylation sites is 1. The number of aromatic nitrogens is 1. The van der Waals surface area contributed by atoms with Crippen LogP contribution in [-0.2, 0) is 6.54 Å². The lowest BCUT2D eigenvalue weighted by atomic mass is 10.0. The maximum atomic E-state index is 8.49. The van der Waals surface area contributed by atoms with Gasteiger partial charge in [0.1, 0.15) is 4.70 Å². The van der Waals surface area contributed by atoms with Crippen molar-refractivity contribution in [2.75, 3.05) is 19.0 Å². The molecule has 1 aromatic heterocycles. The first kappa shape index (κ1) is 37.2. The molecule has 3 rings (SSSR count). The summed E-state index contributed by atoms with van der Waals surface area (Å²) in [5, 5.41) is 1.35. The SMILES string of the molecule is CCCCCCCCCCCCCCCCCC[n+]1c(C=Cc2ccc(N(C)C)cc2)sc2ccccc21.[O-][Cl+3]([O-])([O-])[O-]. The molecule has 0 aliphatic heterocycles. The van der Waals surface area contributed by atoms with Crippen LogP contribution in [0.2, 0.25) is 0 Å². The molecule has 0 saturated heterocycles. The van der Waals surface area contributed by atoms with Crippen molar-refractivity contribution in [2.24, 2.45) is 0 Å². The second-order valence-electron chi connectivity index (χ2n) is 11.6. The van der Waals surface area contributed by atoms with E-state index in [1.54, 1.807) is 0 Å². The number of benzene rings is 2. The lowest BCUT2D eigenvalue weighted by molar-refractivity contribution is -2.00. The summed E-state index contributed by atoms with van der Waals surface area (Å²) in [5.41, 5.74) is 3.87. The van der Waals surface area contributed by atoms with E-state index >= 15 is 0 Å². The molecule has 0 amide bonds. The van der Waals surface area contributed by atoms with Gasteiger partial charge in [-0.1, -0.05) is 132 Å². The van der Waals surface area contributed by atoms with Gasteiger partial charge in [0.2, 0.25) is 5.52 Å². The number of aryl methyl sites for hydroxylation is 1. The topological polar surface area (TPSA) is 99.4 Å². The molecule has 6 nitrogen and oxygen atoms in total. The lowest BCUT2D eigenvalue weighted by Gasteiger charge is -2.17. The van der Waals surface area contributed by atoms with Gasteiger partial charge in [0.15, 0.2) is 6.54 Å². The Morgan fingerprint density at radius 3 is 1.60 bits per heavy atom. The van der Waals surface area contributed by atoms with Crippen LogP contribution < -0.4 is 28.1 Å². The van der Waals surface area contributed by atoms with Gasteiger partial charge in [-0.05, 0) is 36.3 Å². The number of hydrogen-bond acceptors (Lipinski definition) is 6. The molecule has 0 radical (unpaired) electrons. The van der Waals surface area contributed by atoms with Gasteiger partial charge in [-0.2, -0.15) is 4.57 Å². The zero-order chi connectivity index (χ0) is 31.3. The fourth-order valence-corrected chi connectivity index (χ4v) is 6.37. The average molecular weight is 633 g/mol. The van der Waals surface area contributed by atoms with Gasteiger partial charge in [0.05, 0.1) is 0 Å². The Bertz CT molecular complexity index is 1150. The van der Waals surface area contributed by atoms with Crippen LogP contribution in [0.15, 0.2) is 48.5 Å². The fraction of sp³-hybridized carbons (Fsp3) is 0.571.